The van der Waals surface area contributed by atoms with Crippen LogP contribution in [0.25, 0.3) is 10.9 Å². The second kappa shape index (κ2) is 6.10. The van der Waals surface area contributed by atoms with Gasteiger partial charge in [0.05, 0.1) is 4.92 Å². The SMILES string of the molecule is COCCCNc1ccnc2c([N+](=O)[O-])cccc12. The first-order valence-electron chi connectivity index (χ1n) is 5.99. The average molecular weight is 261 g/mol. The molecule has 19 heavy (non-hydrogen) atoms. The summed E-state index contributed by atoms with van der Waals surface area (Å²) in [6, 6.07) is 6.78. The van der Waals surface area contributed by atoms with Gasteiger partial charge in [0.15, 0.2) is 0 Å². The van der Waals surface area contributed by atoms with E-state index < -0.39 is 4.92 Å². The van der Waals surface area contributed by atoms with E-state index in [-0.39, 0.29) is 5.69 Å². The third-order valence-electron chi connectivity index (χ3n) is 2.79. The highest BCUT2D eigenvalue weighted by atomic mass is 16.6. The van der Waals surface area contributed by atoms with Gasteiger partial charge in [-0.15, -0.1) is 0 Å². The van der Waals surface area contributed by atoms with E-state index in [9.17, 15) is 10.1 Å². The molecule has 6 heteroatoms. The van der Waals surface area contributed by atoms with Gasteiger partial charge in [-0.05, 0) is 12.5 Å². The van der Waals surface area contributed by atoms with Crippen molar-refractivity contribution in [1.29, 1.82) is 0 Å². The number of benzene rings is 1. The van der Waals surface area contributed by atoms with Gasteiger partial charge in [-0.3, -0.25) is 10.1 Å². The number of rotatable bonds is 6. The molecule has 0 aliphatic carbocycles. The zero-order valence-electron chi connectivity index (χ0n) is 10.6. The molecule has 0 saturated heterocycles. The number of ether oxygens (including phenoxy) is 1. The molecule has 1 aromatic carbocycles. The van der Waals surface area contributed by atoms with E-state index in [0.29, 0.717) is 12.1 Å². The number of hydrogen-bond donors (Lipinski definition) is 1. The van der Waals surface area contributed by atoms with Crippen LogP contribution in [0.5, 0.6) is 0 Å². The fraction of sp³-hybridized carbons (Fsp3) is 0.308. The number of methoxy groups -OCH3 is 1. The minimum atomic E-state index is -0.413. The minimum absolute atomic E-state index is 0.0260. The maximum absolute atomic E-state index is 11.0. The van der Waals surface area contributed by atoms with Crippen molar-refractivity contribution in [2.75, 3.05) is 25.6 Å². The standard InChI is InChI=1S/C13H15N3O3/c1-19-9-3-7-14-11-6-8-15-13-10(11)4-2-5-12(13)16(17)18/h2,4-6,8H,3,7,9H2,1H3,(H,14,15). The zero-order valence-corrected chi connectivity index (χ0v) is 10.6. The van der Waals surface area contributed by atoms with Crippen LogP contribution in [-0.2, 0) is 4.74 Å². The molecular formula is C13H15N3O3. The van der Waals surface area contributed by atoms with Gasteiger partial charge in [0.2, 0.25) is 0 Å². The number of pyridine rings is 1. The Morgan fingerprint density at radius 3 is 3.00 bits per heavy atom. The van der Waals surface area contributed by atoms with Gasteiger partial charge in [-0.2, -0.15) is 0 Å². The molecule has 0 atom stereocenters. The Balaban J connectivity index is 2.30. The van der Waals surface area contributed by atoms with Gasteiger partial charge < -0.3 is 10.1 Å². The van der Waals surface area contributed by atoms with Crippen LogP contribution in [0.2, 0.25) is 0 Å². The molecule has 0 amide bonds. The van der Waals surface area contributed by atoms with E-state index in [1.807, 2.05) is 12.1 Å². The molecule has 100 valence electrons. The third kappa shape index (κ3) is 2.97. The monoisotopic (exact) mass is 261 g/mol. The minimum Gasteiger partial charge on any atom is -0.385 e. The Morgan fingerprint density at radius 2 is 2.26 bits per heavy atom. The van der Waals surface area contributed by atoms with Crippen LogP contribution >= 0.6 is 0 Å². The van der Waals surface area contributed by atoms with E-state index in [2.05, 4.69) is 10.3 Å². The highest BCUT2D eigenvalue weighted by Gasteiger charge is 2.13. The Bertz CT molecular complexity index is 586. The summed E-state index contributed by atoms with van der Waals surface area (Å²) in [4.78, 5) is 14.6. The molecule has 0 bridgehead atoms. The molecule has 2 aromatic rings. The Kier molecular flexibility index (Phi) is 4.25. The Labute approximate surface area is 110 Å². The van der Waals surface area contributed by atoms with Crippen molar-refractivity contribution < 1.29 is 9.66 Å². The van der Waals surface area contributed by atoms with Gasteiger partial charge in [0.25, 0.3) is 5.69 Å². The van der Waals surface area contributed by atoms with Gasteiger partial charge in [0.1, 0.15) is 5.52 Å². The van der Waals surface area contributed by atoms with Crippen LogP contribution in [0.4, 0.5) is 11.4 Å². The summed E-state index contributed by atoms with van der Waals surface area (Å²) in [6.07, 6.45) is 2.45. The van der Waals surface area contributed by atoms with Crippen molar-refractivity contribution in [1.82, 2.24) is 4.98 Å². The number of anilines is 1. The molecule has 0 unspecified atom stereocenters. The summed E-state index contributed by atoms with van der Waals surface area (Å²) >= 11 is 0. The van der Waals surface area contributed by atoms with E-state index in [0.717, 1.165) is 24.0 Å². The van der Waals surface area contributed by atoms with Crippen LogP contribution < -0.4 is 5.32 Å². The van der Waals surface area contributed by atoms with Crippen molar-refractivity contribution in [2.45, 2.75) is 6.42 Å². The van der Waals surface area contributed by atoms with Crippen molar-refractivity contribution in [2.24, 2.45) is 0 Å². The number of hydrogen-bond acceptors (Lipinski definition) is 5. The van der Waals surface area contributed by atoms with E-state index in [1.165, 1.54) is 6.07 Å². The second-order valence-corrected chi connectivity index (χ2v) is 4.06. The number of nitro groups is 1. The fourth-order valence-electron chi connectivity index (χ4n) is 1.90. The largest absolute Gasteiger partial charge is 0.385 e. The number of aromatic nitrogens is 1. The predicted octanol–water partition coefficient (Wildman–Crippen LogP) is 2.59. The van der Waals surface area contributed by atoms with E-state index >= 15 is 0 Å². The quantitative estimate of drug-likeness (QED) is 0.491. The lowest BCUT2D eigenvalue weighted by molar-refractivity contribution is -0.383. The first kappa shape index (κ1) is 13.2. The number of non-ortho nitro benzene ring substituents is 1. The number of para-hydroxylation sites is 1. The highest BCUT2D eigenvalue weighted by molar-refractivity contribution is 5.96. The zero-order chi connectivity index (χ0) is 13.7. The molecule has 6 nitrogen and oxygen atoms in total. The molecule has 0 spiro atoms. The second-order valence-electron chi connectivity index (χ2n) is 4.06. The lowest BCUT2D eigenvalue weighted by atomic mass is 10.1. The Hall–Kier alpha value is -2.21. The van der Waals surface area contributed by atoms with Crippen molar-refractivity contribution in [3.63, 3.8) is 0 Å². The molecular weight excluding hydrogens is 246 g/mol. The molecule has 1 N–H and O–H groups in total. The molecule has 0 saturated carbocycles. The van der Waals surface area contributed by atoms with Crippen molar-refractivity contribution in [3.8, 4) is 0 Å². The smallest absolute Gasteiger partial charge is 0.295 e. The van der Waals surface area contributed by atoms with E-state index in [1.54, 1.807) is 19.4 Å². The van der Waals surface area contributed by atoms with Crippen LogP contribution in [0, 0.1) is 10.1 Å². The summed E-state index contributed by atoms with van der Waals surface area (Å²) in [5.41, 5.74) is 1.28. The summed E-state index contributed by atoms with van der Waals surface area (Å²) < 4.78 is 4.98. The normalized spacial score (nSPS) is 10.6. The van der Waals surface area contributed by atoms with Gasteiger partial charge in [-0.1, -0.05) is 12.1 Å². The molecule has 0 aliphatic heterocycles. The first-order chi connectivity index (χ1) is 9.24. The topological polar surface area (TPSA) is 77.3 Å². The van der Waals surface area contributed by atoms with Crippen LogP contribution in [-0.4, -0.2) is 30.2 Å². The van der Waals surface area contributed by atoms with Gasteiger partial charge in [-0.25, -0.2) is 4.98 Å². The number of nitro benzene ring substituents is 1. The fourth-order valence-corrected chi connectivity index (χ4v) is 1.90. The van der Waals surface area contributed by atoms with Gasteiger partial charge in [0, 0.05) is 43.6 Å². The molecule has 1 heterocycles. The van der Waals surface area contributed by atoms with Crippen LogP contribution in [0.1, 0.15) is 6.42 Å². The third-order valence-corrected chi connectivity index (χ3v) is 2.79. The molecule has 0 radical (unpaired) electrons. The molecule has 1 aromatic heterocycles. The Morgan fingerprint density at radius 1 is 1.42 bits per heavy atom. The lowest BCUT2D eigenvalue weighted by Crippen LogP contribution is -2.05. The first-order valence-corrected chi connectivity index (χ1v) is 5.99. The maximum Gasteiger partial charge on any atom is 0.295 e. The molecule has 0 aliphatic rings. The molecule has 0 fully saturated rings. The summed E-state index contributed by atoms with van der Waals surface area (Å²) in [5, 5.41) is 15.0. The summed E-state index contributed by atoms with van der Waals surface area (Å²) in [7, 11) is 1.66. The molecule has 2 rings (SSSR count). The van der Waals surface area contributed by atoms with E-state index in [4.69, 9.17) is 4.74 Å². The summed E-state index contributed by atoms with van der Waals surface area (Å²) in [6.45, 7) is 1.42. The van der Waals surface area contributed by atoms with Gasteiger partial charge >= 0.3 is 0 Å². The lowest BCUT2D eigenvalue weighted by Gasteiger charge is -2.09. The number of fused-ring (bicyclic) bond motifs is 1. The van der Waals surface area contributed by atoms with Crippen molar-refractivity contribution in [3.05, 3.63) is 40.6 Å². The van der Waals surface area contributed by atoms with Crippen LogP contribution in [0.15, 0.2) is 30.5 Å². The summed E-state index contributed by atoms with van der Waals surface area (Å²) in [5.74, 6) is 0. The number of nitrogens with zero attached hydrogens (tertiary/aromatic N) is 2. The predicted molar refractivity (Wildman–Crippen MR) is 73.4 cm³/mol. The van der Waals surface area contributed by atoms with Crippen LogP contribution in [0.3, 0.4) is 0 Å². The highest BCUT2D eigenvalue weighted by Crippen LogP contribution is 2.28. The number of nitrogens with one attached hydrogen (secondary N) is 1. The van der Waals surface area contributed by atoms with Crippen molar-refractivity contribution >= 4 is 22.3 Å². The maximum atomic E-state index is 11.0. The average Bonchev–Trinajstić information content (AvgIpc) is 2.43.